The molecule has 5 nitrogen and oxygen atoms in total. The molecule has 0 atom stereocenters. The first-order valence-electron chi connectivity index (χ1n) is 6.21. The third-order valence-corrected chi connectivity index (χ3v) is 3.30. The fourth-order valence-corrected chi connectivity index (χ4v) is 2.04. The molecule has 2 aromatic carbocycles. The number of ether oxygens (including phenoxy) is 1. The Kier molecular flexibility index (Phi) is 5.25. The monoisotopic (exact) mass is 338 g/mol. The summed E-state index contributed by atoms with van der Waals surface area (Å²) in [6.07, 6.45) is 0. The van der Waals surface area contributed by atoms with Gasteiger partial charge >= 0.3 is 11.8 Å². The molecule has 0 aromatic heterocycles. The predicted octanol–water partition coefficient (Wildman–Crippen LogP) is 3.58. The number of halogens is 2. The van der Waals surface area contributed by atoms with E-state index in [1.165, 1.54) is 19.2 Å². The number of rotatable bonds is 3. The van der Waals surface area contributed by atoms with Gasteiger partial charge in [-0.2, -0.15) is 0 Å². The minimum absolute atomic E-state index is 0.259. The number of para-hydroxylation sites is 2. The maximum Gasteiger partial charge on any atom is 0.314 e. The molecular formula is C15H12Cl2N2O3. The van der Waals surface area contributed by atoms with Gasteiger partial charge in [-0.25, -0.2) is 0 Å². The highest BCUT2D eigenvalue weighted by atomic mass is 35.5. The van der Waals surface area contributed by atoms with Crippen molar-refractivity contribution in [1.29, 1.82) is 0 Å². The minimum atomic E-state index is -0.866. The Hall–Kier alpha value is -2.24. The van der Waals surface area contributed by atoms with Crippen LogP contribution in [0.15, 0.2) is 42.5 Å². The molecule has 0 aliphatic rings. The summed E-state index contributed by atoms with van der Waals surface area (Å²) in [5.74, 6) is -1.26. The number of amides is 2. The molecule has 0 aliphatic carbocycles. The topological polar surface area (TPSA) is 67.4 Å². The Morgan fingerprint density at radius 1 is 0.955 bits per heavy atom. The summed E-state index contributed by atoms with van der Waals surface area (Å²) >= 11 is 11.7. The largest absolute Gasteiger partial charge is 0.495 e. The summed E-state index contributed by atoms with van der Waals surface area (Å²) in [4.78, 5) is 23.8. The van der Waals surface area contributed by atoms with E-state index in [4.69, 9.17) is 27.9 Å². The lowest BCUT2D eigenvalue weighted by atomic mass is 10.3. The summed E-state index contributed by atoms with van der Waals surface area (Å²) in [7, 11) is 1.47. The summed E-state index contributed by atoms with van der Waals surface area (Å²) in [5.41, 5.74) is 0.650. The fourth-order valence-electron chi connectivity index (χ4n) is 1.70. The van der Waals surface area contributed by atoms with Crippen LogP contribution < -0.4 is 15.4 Å². The Balaban J connectivity index is 2.09. The van der Waals surface area contributed by atoms with Gasteiger partial charge in [-0.05, 0) is 30.3 Å². The lowest BCUT2D eigenvalue weighted by molar-refractivity contribution is -0.133. The van der Waals surface area contributed by atoms with Gasteiger partial charge in [-0.1, -0.05) is 35.3 Å². The van der Waals surface area contributed by atoms with Crippen molar-refractivity contribution in [3.8, 4) is 5.75 Å². The molecule has 0 spiro atoms. The summed E-state index contributed by atoms with van der Waals surface area (Å²) in [5, 5.41) is 5.54. The molecule has 0 bridgehead atoms. The number of carbonyl (C=O) groups is 2. The number of hydrogen-bond donors (Lipinski definition) is 2. The van der Waals surface area contributed by atoms with Crippen molar-refractivity contribution in [2.24, 2.45) is 0 Å². The van der Waals surface area contributed by atoms with Gasteiger partial charge in [0, 0.05) is 5.02 Å². The van der Waals surface area contributed by atoms with Crippen LogP contribution in [-0.4, -0.2) is 18.9 Å². The van der Waals surface area contributed by atoms with Crippen LogP contribution in [0.4, 0.5) is 11.4 Å². The van der Waals surface area contributed by atoms with Crippen molar-refractivity contribution in [3.05, 3.63) is 52.5 Å². The van der Waals surface area contributed by atoms with Gasteiger partial charge in [0.15, 0.2) is 0 Å². The number of carbonyl (C=O) groups excluding carboxylic acids is 2. The zero-order valence-corrected chi connectivity index (χ0v) is 13.0. The van der Waals surface area contributed by atoms with E-state index in [1.807, 2.05) is 0 Å². The number of nitrogens with one attached hydrogen (secondary N) is 2. The predicted molar refractivity (Wildman–Crippen MR) is 86.7 cm³/mol. The Morgan fingerprint density at radius 2 is 1.59 bits per heavy atom. The van der Waals surface area contributed by atoms with Crippen LogP contribution in [0.25, 0.3) is 0 Å². The second kappa shape index (κ2) is 7.15. The average Bonchev–Trinajstić information content (AvgIpc) is 2.51. The first-order valence-corrected chi connectivity index (χ1v) is 6.97. The molecule has 0 unspecified atom stereocenters. The van der Waals surface area contributed by atoms with Crippen LogP contribution in [0.3, 0.4) is 0 Å². The van der Waals surface area contributed by atoms with E-state index in [-0.39, 0.29) is 10.7 Å². The summed E-state index contributed by atoms with van der Waals surface area (Å²) < 4.78 is 5.09. The number of anilines is 2. The fraction of sp³-hybridized carbons (Fsp3) is 0.0667. The molecule has 114 valence electrons. The van der Waals surface area contributed by atoms with E-state index >= 15 is 0 Å². The van der Waals surface area contributed by atoms with E-state index in [0.717, 1.165) is 0 Å². The Bertz CT molecular complexity index is 720. The van der Waals surface area contributed by atoms with Crippen molar-refractivity contribution in [3.63, 3.8) is 0 Å². The second-order valence-electron chi connectivity index (χ2n) is 4.23. The number of hydrogen-bond acceptors (Lipinski definition) is 3. The summed E-state index contributed by atoms with van der Waals surface area (Å²) in [6.45, 7) is 0. The van der Waals surface area contributed by atoms with Crippen LogP contribution in [-0.2, 0) is 9.59 Å². The van der Waals surface area contributed by atoms with E-state index < -0.39 is 11.8 Å². The molecule has 0 fully saturated rings. The van der Waals surface area contributed by atoms with Crippen molar-refractivity contribution in [1.82, 2.24) is 0 Å². The zero-order chi connectivity index (χ0) is 16.1. The third-order valence-electron chi connectivity index (χ3n) is 2.74. The van der Waals surface area contributed by atoms with E-state index in [0.29, 0.717) is 16.5 Å². The standard InChI is InChI=1S/C15H12Cl2N2O3/c1-22-13-5-3-2-4-11(13)18-14(20)15(21)19-12-8-9(16)6-7-10(12)17/h2-8H,1H3,(H,18,20)(H,19,21). The van der Waals surface area contributed by atoms with Crippen LogP contribution in [0.5, 0.6) is 5.75 Å². The molecule has 2 N–H and O–H groups in total. The molecular weight excluding hydrogens is 327 g/mol. The van der Waals surface area contributed by atoms with E-state index in [9.17, 15) is 9.59 Å². The number of benzene rings is 2. The maximum atomic E-state index is 11.9. The smallest absolute Gasteiger partial charge is 0.314 e. The first kappa shape index (κ1) is 16.1. The van der Waals surface area contributed by atoms with Crippen molar-refractivity contribution >= 4 is 46.4 Å². The van der Waals surface area contributed by atoms with Crippen LogP contribution >= 0.6 is 23.2 Å². The second-order valence-corrected chi connectivity index (χ2v) is 5.08. The molecule has 0 aliphatic heterocycles. The maximum absolute atomic E-state index is 11.9. The van der Waals surface area contributed by atoms with Gasteiger partial charge in [0.1, 0.15) is 5.75 Å². The lowest BCUT2D eigenvalue weighted by Crippen LogP contribution is -2.29. The van der Waals surface area contributed by atoms with Crippen LogP contribution in [0.2, 0.25) is 10.0 Å². The Morgan fingerprint density at radius 3 is 2.27 bits per heavy atom. The highest BCUT2D eigenvalue weighted by Crippen LogP contribution is 2.26. The minimum Gasteiger partial charge on any atom is -0.495 e. The normalized spacial score (nSPS) is 9.95. The zero-order valence-electron chi connectivity index (χ0n) is 11.5. The van der Waals surface area contributed by atoms with Gasteiger partial charge in [0.25, 0.3) is 0 Å². The van der Waals surface area contributed by atoms with Crippen LogP contribution in [0.1, 0.15) is 0 Å². The van der Waals surface area contributed by atoms with Crippen molar-refractivity contribution in [2.45, 2.75) is 0 Å². The lowest BCUT2D eigenvalue weighted by Gasteiger charge is -2.10. The van der Waals surface area contributed by atoms with Crippen molar-refractivity contribution in [2.75, 3.05) is 17.7 Å². The molecule has 2 amide bonds. The van der Waals surface area contributed by atoms with E-state index in [1.54, 1.807) is 30.3 Å². The molecule has 2 aromatic rings. The van der Waals surface area contributed by atoms with Gasteiger partial charge in [-0.3, -0.25) is 9.59 Å². The molecule has 0 saturated heterocycles. The van der Waals surface area contributed by atoms with Gasteiger partial charge < -0.3 is 15.4 Å². The van der Waals surface area contributed by atoms with Gasteiger partial charge in [0.05, 0.1) is 23.5 Å². The average molecular weight is 339 g/mol. The molecule has 2 rings (SSSR count). The van der Waals surface area contributed by atoms with Crippen molar-refractivity contribution < 1.29 is 14.3 Å². The van der Waals surface area contributed by atoms with Gasteiger partial charge in [-0.15, -0.1) is 0 Å². The molecule has 0 radical (unpaired) electrons. The molecule has 7 heteroatoms. The highest BCUT2D eigenvalue weighted by molar-refractivity contribution is 6.45. The SMILES string of the molecule is COc1ccccc1NC(=O)C(=O)Nc1cc(Cl)ccc1Cl. The third kappa shape index (κ3) is 3.90. The summed E-state index contributed by atoms with van der Waals surface area (Å²) in [6, 6.07) is 11.3. The number of methoxy groups -OCH3 is 1. The highest BCUT2D eigenvalue weighted by Gasteiger charge is 2.17. The molecule has 0 heterocycles. The first-order chi connectivity index (χ1) is 10.5. The Labute approximate surface area is 137 Å². The quantitative estimate of drug-likeness (QED) is 0.840. The van der Waals surface area contributed by atoms with Gasteiger partial charge in [0.2, 0.25) is 0 Å². The van der Waals surface area contributed by atoms with Crippen LogP contribution in [0, 0.1) is 0 Å². The van der Waals surface area contributed by atoms with E-state index in [2.05, 4.69) is 10.6 Å². The molecule has 0 saturated carbocycles. The molecule has 22 heavy (non-hydrogen) atoms.